The molecule has 1 unspecified atom stereocenters. The molecule has 1 aromatic carbocycles. The SMILES string of the molecule is CC(CCCO)NC(=O)c1cc(-c2ccccc2Cl)n[nH]1. The highest BCUT2D eigenvalue weighted by Crippen LogP contribution is 2.26. The van der Waals surface area contributed by atoms with Crippen LogP contribution < -0.4 is 5.32 Å². The number of hydrogen-bond donors (Lipinski definition) is 3. The number of nitrogens with zero attached hydrogens (tertiary/aromatic N) is 1. The van der Waals surface area contributed by atoms with E-state index in [1.807, 2.05) is 25.1 Å². The standard InChI is InChI=1S/C15H18ClN3O2/c1-10(5-4-8-20)17-15(21)14-9-13(18-19-14)11-6-2-3-7-12(11)16/h2-3,6-7,9-10,20H,4-5,8H2,1H3,(H,17,21)(H,18,19). The number of nitrogens with one attached hydrogen (secondary N) is 2. The number of hydrogen-bond acceptors (Lipinski definition) is 3. The van der Waals surface area contributed by atoms with Crippen LogP contribution in [0.1, 0.15) is 30.3 Å². The average Bonchev–Trinajstić information content (AvgIpc) is 2.95. The Labute approximate surface area is 128 Å². The molecular weight excluding hydrogens is 290 g/mol. The van der Waals surface area contributed by atoms with Crippen LogP contribution in [-0.2, 0) is 0 Å². The van der Waals surface area contributed by atoms with Crippen molar-refractivity contribution >= 4 is 17.5 Å². The van der Waals surface area contributed by atoms with Gasteiger partial charge >= 0.3 is 0 Å². The predicted octanol–water partition coefficient (Wildman–Crippen LogP) is 2.62. The first-order chi connectivity index (χ1) is 10.1. The summed E-state index contributed by atoms with van der Waals surface area (Å²) in [5.41, 5.74) is 1.80. The van der Waals surface area contributed by atoms with Crippen molar-refractivity contribution in [1.82, 2.24) is 15.5 Å². The van der Waals surface area contributed by atoms with E-state index in [0.717, 1.165) is 12.0 Å². The first kappa shape index (κ1) is 15.5. The molecule has 0 radical (unpaired) electrons. The normalized spacial score (nSPS) is 12.1. The van der Waals surface area contributed by atoms with E-state index in [9.17, 15) is 4.79 Å². The second-order valence-corrected chi connectivity index (χ2v) is 5.29. The van der Waals surface area contributed by atoms with Gasteiger partial charge < -0.3 is 10.4 Å². The van der Waals surface area contributed by atoms with E-state index in [-0.39, 0.29) is 18.6 Å². The summed E-state index contributed by atoms with van der Waals surface area (Å²) < 4.78 is 0. The fourth-order valence-electron chi connectivity index (χ4n) is 2.02. The van der Waals surface area contributed by atoms with Crippen LogP contribution in [0.2, 0.25) is 5.02 Å². The minimum Gasteiger partial charge on any atom is -0.396 e. The third-order valence-corrected chi connectivity index (χ3v) is 3.47. The van der Waals surface area contributed by atoms with Gasteiger partial charge in [0, 0.05) is 18.2 Å². The minimum atomic E-state index is -0.216. The lowest BCUT2D eigenvalue weighted by Gasteiger charge is -2.11. The molecule has 6 heteroatoms. The minimum absolute atomic E-state index is 0.00304. The highest BCUT2D eigenvalue weighted by molar-refractivity contribution is 6.33. The highest BCUT2D eigenvalue weighted by Gasteiger charge is 2.14. The fraction of sp³-hybridized carbons (Fsp3) is 0.333. The molecule has 3 N–H and O–H groups in total. The summed E-state index contributed by atoms with van der Waals surface area (Å²) in [5, 5.41) is 19.1. The van der Waals surface area contributed by atoms with Crippen LogP contribution in [0.4, 0.5) is 0 Å². The van der Waals surface area contributed by atoms with Gasteiger partial charge in [-0.2, -0.15) is 5.10 Å². The molecule has 112 valence electrons. The number of amides is 1. The maximum Gasteiger partial charge on any atom is 0.269 e. The van der Waals surface area contributed by atoms with Crippen LogP contribution in [0.5, 0.6) is 0 Å². The third-order valence-electron chi connectivity index (χ3n) is 3.15. The van der Waals surface area contributed by atoms with E-state index >= 15 is 0 Å². The number of aromatic amines is 1. The molecule has 1 amide bonds. The number of benzene rings is 1. The summed E-state index contributed by atoms with van der Waals surface area (Å²) in [5.74, 6) is -0.216. The number of aliphatic hydroxyl groups is 1. The van der Waals surface area contributed by atoms with Gasteiger partial charge in [0.2, 0.25) is 0 Å². The summed E-state index contributed by atoms with van der Waals surface area (Å²) in [6, 6.07) is 9.01. The number of H-pyrrole nitrogens is 1. The zero-order valence-corrected chi connectivity index (χ0v) is 12.5. The van der Waals surface area contributed by atoms with Gasteiger partial charge in [0.1, 0.15) is 5.69 Å². The van der Waals surface area contributed by atoms with Gasteiger partial charge in [-0.25, -0.2) is 0 Å². The molecule has 1 atom stereocenters. The molecule has 1 aromatic heterocycles. The van der Waals surface area contributed by atoms with Crippen molar-refractivity contribution in [2.45, 2.75) is 25.8 Å². The van der Waals surface area contributed by atoms with Crippen molar-refractivity contribution in [1.29, 1.82) is 0 Å². The first-order valence-corrected chi connectivity index (χ1v) is 7.21. The maximum absolute atomic E-state index is 12.1. The molecule has 0 aliphatic carbocycles. The van der Waals surface area contributed by atoms with Crippen molar-refractivity contribution in [3.63, 3.8) is 0 Å². The van der Waals surface area contributed by atoms with Crippen molar-refractivity contribution in [2.24, 2.45) is 0 Å². The van der Waals surface area contributed by atoms with Crippen molar-refractivity contribution < 1.29 is 9.90 Å². The number of halogens is 1. The van der Waals surface area contributed by atoms with Crippen molar-refractivity contribution in [3.8, 4) is 11.3 Å². The Kier molecular flexibility index (Phi) is 5.36. The Morgan fingerprint density at radius 3 is 2.95 bits per heavy atom. The van der Waals surface area contributed by atoms with Gasteiger partial charge in [-0.3, -0.25) is 9.89 Å². The van der Waals surface area contributed by atoms with Crippen LogP contribution in [0.3, 0.4) is 0 Å². The van der Waals surface area contributed by atoms with Crippen LogP contribution in [-0.4, -0.2) is 33.9 Å². The Bertz CT molecular complexity index is 612. The Balaban J connectivity index is 2.06. The molecule has 0 bridgehead atoms. The molecule has 0 fully saturated rings. The molecule has 0 saturated heterocycles. The molecular formula is C15H18ClN3O2. The molecule has 2 rings (SSSR count). The second-order valence-electron chi connectivity index (χ2n) is 4.89. The van der Waals surface area contributed by atoms with Gasteiger partial charge in [-0.1, -0.05) is 29.8 Å². The van der Waals surface area contributed by atoms with Crippen LogP contribution in [0, 0.1) is 0 Å². The summed E-state index contributed by atoms with van der Waals surface area (Å²) in [6.07, 6.45) is 1.39. The maximum atomic E-state index is 12.1. The Morgan fingerprint density at radius 1 is 1.48 bits per heavy atom. The van der Waals surface area contributed by atoms with Crippen molar-refractivity contribution in [3.05, 3.63) is 41.0 Å². The predicted molar refractivity (Wildman–Crippen MR) is 82.3 cm³/mol. The smallest absolute Gasteiger partial charge is 0.269 e. The first-order valence-electron chi connectivity index (χ1n) is 6.84. The topological polar surface area (TPSA) is 78.0 Å². The number of carbonyl (C=O) groups is 1. The zero-order chi connectivity index (χ0) is 15.2. The molecule has 0 aliphatic heterocycles. The van der Waals surface area contributed by atoms with Crippen LogP contribution >= 0.6 is 11.6 Å². The van der Waals surface area contributed by atoms with E-state index in [4.69, 9.17) is 16.7 Å². The van der Waals surface area contributed by atoms with Crippen LogP contribution in [0.15, 0.2) is 30.3 Å². The van der Waals surface area contributed by atoms with E-state index in [1.54, 1.807) is 12.1 Å². The monoisotopic (exact) mass is 307 g/mol. The Hall–Kier alpha value is -1.85. The number of carbonyl (C=O) groups excluding carboxylic acids is 1. The molecule has 2 aromatic rings. The van der Waals surface area contributed by atoms with Gasteiger partial charge in [0.05, 0.1) is 10.7 Å². The Morgan fingerprint density at radius 2 is 2.24 bits per heavy atom. The molecule has 0 spiro atoms. The summed E-state index contributed by atoms with van der Waals surface area (Å²) in [7, 11) is 0. The quantitative estimate of drug-likeness (QED) is 0.767. The molecule has 21 heavy (non-hydrogen) atoms. The van der Waals surface area contributed by atoms with Gasteiger partial charge in [0.25, 0.3) is 5.91 Å². The van der Waals surface area contributed by atoms with E-state index in [0.29, 0.717) is 22.8 Å². The average molecular weight is 308 g/mol. The third kappa shape index (κ3) is 4.06. The lowest BCUT2D eigenvalue weighted by Crippen LogP contribution is -2.32. The fourth-order valence-corrected chi connectivity index (χ4v) is 2.25. The summed E-state index contributed by atoms with van der Waals surface area (Å²) in [6.45, 7) is 2.03. The number of rotatable bonds is 6. The van der Waals surface area contributed by atoms with Gasteiger partial charge in [-0.05, 0) is 31.9 Å². The molecule has 0 aliphatic rings. The van der Waals surface area contributed by atoms with E-state index < -0.39 is 0 Å². The number of aliphatic hydroxyl groups excluding tert-OH is 1. The number of aromatic nitrogens is 2. The zero-order valence-electron chi connectivity index (χ0n) is 11.8. The summed E-state index contributed by atoms with van der Waals surface area (Å²) in [4.78, 5) is 12.1. The molecule has 5 nitrogen and oxygen atoms in total. The second kappa shape index (κ2) is 7.24. The van der Waals surface area contributed by atoms with E-state index in [2.05, 4.69) is 15.5 Å². The van der Waals surface area contributed by atoms with Crippen LogP contribution in [0.25, 0.3) is 11.3 Å². The lowest BCUT2D eigenvalue weighted by atomic mass is 10.1. The summed E-state index contributed by atoms with van der Waals surface area (Å²) >= 11 is 6.11. The molecule has 0 saturated carbocycles. The lowest BCUT2D eigenvalue weighted by molar-refractivity contribution is 0.0931. The highest BCUT2D eigenvalue weighted by atomic mass is 35.5. The van der Waals surface area contributed by atoms with Gasteiger partial charge in [0.15, 0.2) is 0 Å². The van der Waals surface area contributed by atoms with E-state index in [1.165, 1.54) is 0 Å². The largest absolute Gasteiger partial charge is 0.396 e. The van der Waals surface area contributed by atoms with Gasteiger partial charge in [-0.15, -0.1) is 0 Å². The molecule has 1 heterocycles. The van der Waals surface area contributed by atoms with Crippen molar-refractivity contribution in [2.75, 3.05) is 6.61 Å².